The van der Waals surface area contributed by atoms with Gasteiger partial charge >= 0.3 is 0 Å². The standard InChI is InChI=1S/C15H15FN2/c16-12-5-6-15(18-9-12)14(17)8-11-7-10-3-1-2-4-13(10)11/h1-6,9,11,14H,7-8,17H2. The minimum Gasteiger partial charge on any atom is -0.323 e. The quantitative estimate of drug-likeness (QED) is 0.898. The third-order valence-corrected chi connectivity index (χ3v) is 3.63. The second kappa shape index (κ2) is 4.50. The summed E-state index contributed by atoms with van der Waals surface area (Å²) in [5.41, 5.74) is 9.71. The first-order valence-electron chi connectivity index (χ1n) is 6.19. The molecule has 2 atom stereocenters. The summed E-state index contributed by atoms with van der Waals surface area (Å²) in [7, 11) is 0. The van der Waals surface area contributed by atoms with Crippen LogP contribution >= 0.6 is 0 Å². The van der Waals surface area contributed by atoms with Gasteiger partial charge in [-0.25, -0.2) is 4.39 Å². The SMILES string of the molecule is NC(CC1Cc2ccccc21)c1ccc(F)cn1. The minimum atomic E-state index is -0.320. The molecule has 2 N–H and O–H groups in total. The van der Waals surface area contributed by atoms with Crippen LogP contribution in [0.3, 0.4) is 0 Å². The van der Waals surface area contributed by atoms with E-state index in [2.05, 4.69) is 29.2 Å². The van der Waals surface area contributed by atoms with Crippen LogP contribution in [0.15, 0.2) is 42.6 Å². The highest BCUT2D eigenvalue weighted by molar-refractivity contribution is 5.40. The van der Waals surface area contributed by atoms with Gasteiger partial charge in [-0.05, 0) is 42.0 Å². The Kier molecular flexibility index (Phi) is 2.84. The summed E-state index contributed by atoms with van der Waals surface area (Å²) in [4.78, 5) is 4.05. The molecule has 3 heteroatoms. The maximum atomic E-state index is 12.8. The van der Waals surface area contributed by atoms with Crippen LogP contribution in [-0.2, 0) is 6.42 Å². The molecule has 0 radical (unpaired) electrons. The molecule has 3 rings (SSSR count). The van der Waals surface area contributed by atoms with Crippen molar-refractivity contribution in [3.8, 4) is 0 Å². The Morgan fingerprint density at radius 1 is 1.28 bits per heavy atom. The molecule has 1 aromatic carbocycles. The molecule has 0 fully saturated rings. The Morgan fingerprint density at radius 3 is 2.83 bits per heavy atom. The number of aromatic nitrogens is 1. The Morgan fingerprint density at radius 2 is 2.11 bits per heavy atom. The van der Waals surface area contributed by atoms with Gasteiger partial charge in [-0.15, -0.1) is 0 Å². The molecule has 0 bridgehead atoms. The maximum absolute atomic E-state index is 12.8. The number of rotatable bonds is 3. The highest BCUT2D eigenvalue weighted by Gasteiger charge is 2.27. The predicted octanol–water partition coefficient (Wildman–Crippen LogP) is 2.95. The fourth-order valence-corrected chi connectivity index (χ4v) is 2.61. The van der Waals surface area contributed by atoms with E-state index in [1.165, 1.54) is 23.4 Å². The first kappa shape index (κ1) is 11.4. The third kappa shape index (κ3) is 2.02. The summed E-state index contributed by atoms with van der Waals surface area (Å²) >= 11 is 0. The Balaban J connectivity index is 1.70. The van der Waals surface area contributed by atoms with Crippen molar-refractivity contribution in [3.05, 3.63) is 65.2 Å². The van der Waals surface area contributed by atoms with Crippen LogP contribution in [0.4, 0.5) is 4.39 Å². The lowest BCUT2D eigenvalue weighted by Crippen LogP contribution is -2.23. The molecule has 1 aromatic heterocycles. The molecule has 0 saturated carbocycles. The summed E-state index contributed by atoms with van der Waals surface area (Å²) in [6.45, 7) is 0. The molecule has 1 heterocycles. The number of nitrogens with zero attached hydrogens (tertiary/aromatic N) is 1. The zero-order valence-corrected chi connectivity index (χ0v) is 10.0. The van der Waals surface area contributed by atoms with Gasteiger partial charge in [0, 0.05) is 6.04 Å². The van der Waals surface area contributed by atoms with Crippen LogP contribution in [-0.4, -0.2) is 4.98 Å². The van der Waals surface area contributed by atoms with Gasteiger partial charge in [0.25, 0.3) is 0 Å². The number of benzene rings is 1. The molecule has 92 valence electrons. The molecule has 18 heavy (non-hydrogen) atoms. The van der Waals surface area contributed by atoms with E-state index in [1.807, 2.05) is 0 Å². The van der Waals surface area contributed by atoms with E-state index in [0.29, 0.717) is 5.92 Å². The van der Waals surface area contributed by atoms with Gasteiger partial charge in [0.1, 0.15) is 5.82 Å². The van der Waals surface area contributed by atoms with Crippen LogP contribution in [0.2, 0.25) is 0 Å². The van der Waals surface area contributed by atoms with Crippen molar-refractivity contribution in [2.45, 2.75) is 24.8 Å². The van der Waals surface area contributed by atoms with E-state index in [1.54, 1.807) is 6.07 Å². The maximum Gasteiger partial charge on any atom is 0.141 e. The van der Waals surface area contributed by atoms with Crippen LogP contribution < -0.4 is 5.73 Å². The first-order chi connectivity index (χ1) is 8.74. The summed E-state index contributed by atoms with van der Waals surface area (Å²) in [6, 6.07) is 11.4. The van der Waals surface area contributed by atoms with Crippen molar-refractivity contribution in [3.63, 3.8) is 0 Å². The fourth-order valence-electron chi connectivity index (χ4n) is 2.61. The van der Waals surface area contributed by atoms with Crippen LogP contribution in [0.25, 0.3) is 0 Å². The first-order valence-corrected chi connectivity index (χ1v) is 6.19. The smallest absolute Gasteiger partial charge is 0.141 e. The second-order valence-corrected chi connectivity index (χ2v) is 4.84. The highest BCUT2D eigenvalue weighted by atomic mass is 19.1. The van der Waals surface area contributed by atoms with E-state index in [0.717, 1.165) is 18.5 Å². The van der Waals surface area contributed by atoms with Crippen molar-refractivity contribution in [1.29, 1.82) is 0 Å². The predicted molar refractivity (Wildman–Crippen MR) is 68.6 cm³/mol. The molecule has 0 spiro atoms. The van der Waals surface area contributed by atoms with Gasteiger partial charge in [-0.2, -0.15) is 0 Å². The topological polar surface area (TPSA) is 38.9 Å². The average molecular weight is 242 g/mol. The number of nitrogens with two attached hydrogens (primary N) is 1. The summed E-state index contributed by atoms with van der Waals surface area (Å²) in [5.74, 6) is 0.197. The van der Waals surface area contributed by atoms with Gasteiger partial charge in [0.2, 0.25) is 0 Å². The molecule has 2 aromatic rings. The van der Waals surface area contributed by atoms with Crippen molar-refractivity contribution in [1.82, 2.24) is 4.98 Å². The summed E-state index contributed by atoms with van der Waals surface area (Å²) in [5, 5.41) is 0. The number of hydrogen-bond acceptors (Lipinski definition) is 2. The number of fused-ring (bicyclic) bond motifs is 1. The van der Waals surface area contributed by atoms with E-state index < -0.39 is 0 Å². The fraction of sp³-hybridized carbons (Fsp3) is 0.267. The molecular formula is C15H15FN2. The molecule has 0 saturated heterocycles. The molecule has 2 unspecified atom stereocenters. The number of halogens is 1. The zero-order valence-electron chi connectivity index (χ0n) is 10.0. The Labute approximate surface area is 106 Å². The van der Waals surface area contributed by atoms with Gasteiger partial charge < -0.3 is 5.73 Å². The average Bonchev–Trinajstić information content (AvgIpc) is 2.36. The Hall–Kier alpha value is -1.74. The Bertz CT molecular complexity index is 551. The second-order valence-electron chi connectivity index (χ2n) is 4.84. The molecule has 2 nitrogen and oxygen atoms in total. The summed E-state index contributed by atoms with van der Waals surface area (Å²) in [6.07, 6.45) is 3.19. The van der Waals surface area contributed by atoms with E-state index in [4.69, 9.17) is 5.73 Å². The van der Waals surface area contributed by atoms with Gasteiger partial charge in [0.15, 0.2) is 0 Å². The lowest BCUT2D eigenvalue weighted by atomic mass is 9.74. The summed E-state index contributed by atoms with van der Waals surface area (Å²) < 4.78 is 12.8. The molecule has 1 aliphatic carbocycles. The van der Waals surface area contributed by atoms with Gasteiger partial charge in [-0.3, -0.25) is 4.98 Å². The molecule has 0 amide bonds. The van der Waals surface area contributed by atoms with Gasteiger partial charge in [0.05, 0.1) is 11.9 Å². The van der Waals surface area contributed by atoms with Crippen molar-refractivity contribution >= 4 is 0 Å². The lowest BCUT2D eigenvalue weighted by molar-refractivity contribution is 0.490. The van der Waals surface area contributed by atoms with E-state index in [-0.39, 0.29) is 11.9 Å². The van der Waals surface area contributed by atoms with Crippen LogP contribution in [0, 0.1) is 5.82 Å². The lowest BCUT2D eigenvalue weighted by Gasteiger charge is -2.31. The third-order valence-electron chi connectivity index (χ3n) is 3.63. The van der Waals surface area contributed by atoms with Crippen molar-refractivity contribution in [2.75, 3.05) is 0 Å². The van der Waals surface area contributed by atoms with Crippen molar-refractivity contribution < 1.29 is 4.39 Å². The van der Waals surface area contributed by atoms with Crippen molar-refractivity contribution in [2.24, 2.45) is 5.73 Å². The monoisotopic (exact) mass is 242 g/mol. The zero-order chi connectivity index (χ0) is 12.5. The molecular weight excluding hydrogens is 227 g/mol. The van der Waals surface area contributed by atoms with Gasteiger partial charge in [-0.1, -0.05) is 24.3 Å². The normalized spacial score (nSPS) is 18.9. The molecule has 0 aliphatic heterocycles. The largest absolute Gasteiger partial charge is 0.323 e. The van der Waals surface area contributed by atoms with Crippen LogP contribution in [0.1, 0.15) is 35.2 Å². The van der Waals surface area contributed by atoms with Crippen LogP contribution in [0.5, 0.6) is 0 Å². The molecule has 1 aliphatic rings. The highest BCUT2D eigenvalue weighted by Crippen LogP contribution is 2.39. The number of hydrogen-bond donors (Lipinski definition) is 1. The van der Waals surface area contributed by atoms with E-state index >= 15 is 0 Å². The van der Waals surface area contributed by atoms with E-state index in [9.17, 15) is 4.39 Å². The number of pyridine rings is 1. The minimum absolute atomic E-state index is 0.121.